The van der Waals surface area contributed by atoms with E-state index in [0.717, 1.165) is 17.5 Å². The van der Waals surface area contributed by atoms with Gasteiger partial charge in [-0.3, -0.25) is 9.59 Å². The van der Waals surface area contributed by atoms with Crippen LogP contribution in [-0.4, -0.2) is 49.5 Å². The predicted molar refractivity (Wildman–Crippen MR) is 135 cm³/mol. The minimum Gasteiger partial charge on any atom is -0.493 e. The number of hydrogen-bond acceptors (Lipinski definition) is 5. The Hall–Kier alpha value is -4.00. The molecule has 2 amide bonds. The smallest absolute Gasteiger partial charge is 0.255 e. The van der Waals surface area contributed by atoms with Crippen molar-refractivity contribution in [2.75, 3.05) is 27.9 Å². The van der Waals surface area contributed by atoms with Gasteiger partial charge in [-0.25, -0.2) is 0 Å². The zero-order chi connectivity index (χ0) is 25.2. The minimum absolute atomic E-state index is 0.00649. The van der Waals surface area contributed by atoms with Crippen LogP contribution in [-0.2, 0) is 24.3 Å². The average Bonchev–Trinajstić information content (AvgIpc) is 3.26. The lowest BCUT2D eigenvalue weighted by Crippen LogP contribution is -2.39. The van der Waals surface area contributed by atoms with Gasteiger partial charge in [-0.05, 0) is 46.9 Å². The zero-order valence-electron chi connectivity index (χ0n) is 20.8. The monoisotopic (exact) mass is 486 g/mol. The molecule has 3 aromatic carbocycles. The first-order valence-electron chi connectivity index (χ1n) is 12.1. The molecule has 0 aliphatic carbocycles. The van der Waals surface area contributed by atoms with Crippen molar-refractivity contribution in [2.45, 2.75) is 32.0 Å². The Morgan fingerprint density at radius 2 is 1.50 bits per heavy atom. The largest absolute Gasteiger partial charge is 0.493 e. The first-order chi connectivity index (χ1) is 17.5. The van der Waals surface area contributed by atoms with E-state index >= 15 is 0 Å². The summed E-state index contributed by atoms with van der Waals surface area (Å²) in [6.45, 7) is 1.67. The van der Waals surface area contributed by atoms with Gasteiger partial charge >= 0.3 is 0 Å². The Kier molecular flexibility index (Phi) is 6.55. The Morgan fingerprint density at radius 1 is 0.861 bits per heavy atom. The third-order valence-corrected chi connectivity index (χ3v) is 7.15. The van der Waals surface area contributed by atoms with E-state index in [1.54, 1.807) is 26.2 Å². The van der Waals surface area contributed by atoms with Crippen molar-refractivity contribution in [3.63, 3.8) is 0 Å². The van der Waals surface area contributed by atoms with Gasteiger partial charge in [0.25, 0.3) is 5.91 Å². The van der Waals surface area contributed by atoms with Gasteiger partial charge in [-0.1, -0.05) is 42.5 Å². The van der Waals surface area contributed by atoms with Crippen molar-refractivity contribution < 1.29 is 23.8 Å². The van der Waals surface area contributed by atoms with Gasteiger partial charge in [-0.15, -0.1) is 0 Å². The van der Waals surface area contributed by atoms with Gasteiger partial charge in [0, 0.05) is 25.2 Å². The first kappa shape index (κ1) is 23.7. The number of rotatable bonds is 7. The van der Waals surface area contributed by atoms with E-state index < -0.39 is 6.04 Å². The zero-order valence-corrected chi connectivity index (χ0v) is 20.8. The molecule has 36 heavy (non-hydrogen) atoms. The molecule has 7 heteroatoms. The molecule has 3 aromatic rings. The van der Waals surface area contributed by atoms with E-state index in [-0.39, 0.29) is 18.2 Å². The molecule has 0 saturated carbocycles. The summed E-state index contributed by atoms with van der Waals surface area (Å²) in [5, 5.41) is 0. The quantitative estimate of drug-likeness (QED) is 0.496. The van der Waals surface area contributed by atoms with Gasteiger partial charge in [0.2, 0.25) is 11.7 Å². The molecule has 0 fully saturated rings. The molecule has 0 bridgehead atoms. The van der Waals surface area contributed by atoms with Crippen LogP contribution >= 0.6 is 0 Å². The van der Waals surface area contributed by atoms with Crippen LogP contribution in [0.1, 0.15) is 45.1 Å². The summed E-state index contributed by atoms with van der Waals surface area (Å²) in [7, 11) is 4.67. The van der Waals surface area contributed by atoms with Crippen molar-refractivity contribution in [1.29, 1.82) is 0 Å². The molecule has 0 saturated heterocycles. The first-order valence-corrected chi connectivity index (χ1v) is 12.1. The Morgan fingerprint density at radius 3 is 2.14 bits per heavy atom. The summed E-state index contributed by atoms with van der Waals surface area (Å²) in [5.41, 5.74) is 4.85. The van der Waals surface area contributed by atoms with Crippen LogP contribution in [0.5, 0.6) is 17.2 Å². The molecule has 2 aliphatic rings. The van der Waals surface area contributed by atoms with Crippen LogP contribution in [0.3, 0.4) is 0 Å². The number of hydrogen-bond donors (Lipinski definition) is 0. The summed E-state index contributed by atoms with van der Waals surface area (Å²) >= 11 is 0. The number of carbonyl (C=O) groups is 2. The maximum Gasteiger partial charge on any atom is 0.255 e. The van der Waals surface area contributed by atoms with Gasteiger partial charge in [0.05, 0.1) is 33.8 Å². The summed E-state index contributed by atoms with van der Waals surface area (Å²) in [4.78, 5) is 30.8. The van der Waals surface area contributed by atoms with Crippen molar-refractivity contribution >= 4 is 11.8 Å². The van der Waals surface area contributed by atoms with Crippen LogP contribution in [0.2, 0.25) is 0 Å². The maximum absolute atomic E-state index is 13.7. The lowest BCUT2D eigenvalue weighted by atomic mass is 9.97. The number of carbonyl (C=O) groups excluding carboxylic acids is 2. The second-order valence-electron chi connectivity index (χ2n) is 9.10. The third-order valence-electron chi connectivity index (χ3n) is 7.15. The van der Waals surface area contributed by atoms with Crippen LogP contribution < -0.4 is 14.2 Å². The summed E-state index contributed by atoms with van der Waals surface area (Å²) in [6, 6.07) is 19.0. The lowest BCUT2D eigenvalue weighted by Gasteiger charge is -2.33. The number of ether oxygens (including phenoxy) is 3. The molecule has 0 radical (unpaired) electrons. The highest BCUT2D eigenvalue weighted by molar-refractivity contribution is 5.99. The Bertz CT molecular complexity index is 1280. The van der Waals surface area contributed by atoms with E-state index in [4.69, 9.17) is 14.2 Å². The van der Waals surface area contributed by atoms with Gasteiger partial charge in [0.15, 0.2) is 11.5 Å². The maximum atomic E-state index is 13.7. The Balaban J connectivity index is 1.50. The van der Waals surface area contributed by atoms with E-state index in [9.17, 15) is 9.59 Å². The summed E-state index contributed by atoms with van der Waals surface area (Å²) in [6.07, 6.45) is 0.978. The third kappa shape index (κ3) is 4.26. The molecule has 186 valence electrons. The topological polar surface area (TPSA) is 68.3 Å². The SMILES string of the molecule is COc1cc([C@@H](CC(=O)N2CCc3ccccc3C2)N2Cc3ccccc3C2=O)cc(OC)c1OC. The lowest BCUT2D eigenvalue weighted by molar-refractivity contribution is -0.133. The second-order valence-corrected chi connectivity index (χ2v) is 9.10. The average molecular weight is 487 g/mol. The van der Waals surface area contributed by atoms with E-state index in [0.29, 0.717) is 42.4 Å². The normalized spacial score (nSPS) is 15.2. The highest BCUT2D eigenvalue weighted by Gasteiger charge is 2.36. The number of methoxy groups -OCH3 is 3. The van der Waals surface area contributed by atoms with Crippen molar-refractivity contribution in [1.82, 2.24) is 9.80 Å². The van der Waals surface area contributed by atoms with E-state index in [2.05, 4.69) is 12.1 Å². The number of amides is 2. The van der Waals surface area contributed by atoms with Gasteiger partial charge < -0.3 is 24.0 Å². The molecule has 1 atom stereocenters. The summed E-state index contributed by atoms with van der Waals surface area (Å²) < 4.78 is 16.6. The molecule has 0 spiro atoms. The Labute approximate surface area is 211 Å². The minimum atomic E-state index is -0.497. The molecule has 2 heterocycles. The molecule has 5 rings (SSSR count). The fourth-order valence-corrected chi connectivity index (χ4v) is 5.23. The predicted octanol–water partition coefficient (Wildman–Crippen LogP) is 4.38. The molecular weight excluding hydrogens is 456 g/mol. The van der Waals surface area contributed by atoms with Crippen molar-refractivity contribution in [3.05, 3.63) is 88.5 Å². The molecule has 2 aliphatic heterocycles. The van der Waals surface area contributed by atoms with Gasteiger partial charge in [0.1, 0.15) is 0 Å². The number of fused-ring (bicyclic) bond motifs is 2. The van der Waals surface area contributed by atoms with Crippen molar-refractivity contribution in [3.8, 4) is 17.2 Å². The molecular formula is C29H30N2O5. The van der Waals surface area contributed by atoms with E-state index in [1.165, 1.54) is 11.1 Å². The fourth-order valence-electron chi connectivity index (χ4n) is 5.23. The van der Waals surface area contributed by atoms with Gasteiger partial charge in [-0.2, -0.15) is 0 Å². The molecule has 0 unspecified atom stereocenters. The number of benzene rings is 3. The standard InChI is InChI=1S/C29H30N2O5/c1-34-25-14-22(15-26(35-2)28(25)36-3)24(31-18-21-10-6-7-11-23(21)29(31)33)16-27(32)30-13-12-19-8-4-5-9-20(19)17-30/h4-11,14-15,24H,12-13,16-18H2,1-3H3/t24-/m1/s1. The second kappa shape index (κ2) is 9.93. The number of nitrogens with zero attached hydrogens (tertiary/aromatic N) is 2. The highest BCUT2D eigenvalue weighted by atomic mass is 16.5. The van der Waals surface area contributed by atoms with Crippen LogP contribution in [0.15, 0.2) is 60.7 Å². The molecule has 7 nitrogen and oxygen atoms in total. The highest BCUT2D eigenvalue weighted by Crippen LogP contribution is 2.43. The summed E-state index contributed by atoms with van der Waals surface area (Å²) in [5.74, 6) is 1.37. The van der Waals surface area contributed by atoms with Crippen LogP contribution in [0.4, 0.5) is 0 Å². The fraction of sp³-hybridized carbons (Fsp3) is 0.310. The molecule has 0 N–H and O–H groups in total. The van der Waals surface area contributed by atoms with E-state index in [1.807, 2.05) is 53.4 Å². The van der Waals surface area contributed by atoms with Crippen LogP contribution in [0.25, 0.3) is 0 Å². The molecule has 0 aromatic heterocycles. The van der Waals surface area contributed by atoms with Crippen LogP contribution in [0, 0.1) is 0 Å². The van der Waals surface area contributed by atoms with Crippen molar-refractivity contribution in [2.24, 2.45) is 0 Å².